The number of hydrogen-bond donors (Lipinski definition) is 1. The van der Waals surface area contributed by atoms with Gasteiger partial charge in [-0.2, -0.15) is 0 Å². The van der Waals surface area contributed by atoms with E-state index in [0.29, 0.717) is 4.47 Å². The van der Waals surface area contributed by atoms with Gasteiger partial charge in [-0.15, -0.1) is 26.3 Å². The van der Waals surface area contributed by atoms with Crippen molar-refractivity contribution in [2.24, 2.45) is 0 Å². The van der Waals surface area contributed by atoms with Crippen molar-refractivity contribution in [1.82, 2.24) is 0 Å². The van der Waals surface area contributed by atoms with Gasteiger partial charge in [0.1, 0.15) is 6.10 Å². The lowest BCUT2D eigenvalue weighted by Crippen LogP contribution is -2.25. The minimum absolute atomic E-state index is 0.0503. The van der Waals surface area contributed by atoms with Crippen molar-refractivity contribution in [1.29, 1.82) is 0 Å². The topological polar surface area (TPSA) is 75.6 Å². The number of rotatable bonds is 2. The second-order valence-corrected chi connectivity index (χ2v) is 8.32. The molecule has 190 valence electrons. The summed E-state index contributed by atoms with van der Waals surface area (Å²) in [6, 6.07) is 12.0. The number of aliphatic hydroxyl groups excluding tert-OH is 1. The number of alkyl halides is 6. The van der Waals surface area contributed by atoms with E-state index >= 15 is 0 Å². The van der Waals surface area contributed by atoms with Crippen LogP contribution in [0.1, 0.15) is 17.2 Å². The standard InChI is InChI=1S/C15H8F4O5.C7H3BrF2O2/c16-14(17)21-9-3-1-7(5-11(9)23-14)13(20)8-2-4-10-12(6-8)24-15(18,19)22-10;8-4-1-2-5-6(3-4)12-7(9,10)11-5/h1-6,13,20H;1-3H. The van der Waals surface area contributed by atoms with Crippen LogP contribution in [-0.4, -0.2) is 24.0 Å². The molecule has 0 saturated heterocycles. The highest BCUT2D eigenvalue weighted by Gasteiger charge is 2.45. The summed E-state index contributed by atoms with van der Waals surface area (Å²) in [5.41, 5.74) is 0.418. The molecule has 0 fully saturated rings. The number of hydrogen-bond acceptors (Lipinski definition) is 7. The Labute approximate surface area is 205 Å². The van der Waals surface area contributed by atoms with Crippen LogP contribution in [-0.2, 0) is 0 Å². The molecule has 36 heavy (non-hydrogen) atoms. The maximum absolute atomic E-state index is 13.0. The molecule has 0 radical (unpaired) electrons. The summed E-state index contributed by atoms with van der Waals surface area (Å²) in [4.78, 5) is 0. The zero-order valence-corrected chi connectivity index (χ0v) is 18.9. The van der Waals surface area contributed by atoms with Gasteiger partial charge in [0.25, 0.3) is 0 Å². The Morgan fingerprint density at radius 2 is 0.861 bits per heavy atom. The molecule has 1 N–H and O–H groups in total. The molecule has 3 aliphatic rings. The van der Waals surface area contributed by atoms with Gasteiger partial charge in [0.15, 0.2) is 34.5 Å². The number of fused-ring (bicyclic) bond motifs is 3. The molecule has 3 heterocycles. The van der Waals surface area contributed by atoms with Crippen molar-refractivity contribution in [3.05, 3.63) is 70.2 Å². The monoisotopic (exact) mass is 580 g/mol. The molecule has 3 aliphatic heterocycles. The van der Waals surface area contributed by atoms with Gasteiger partial charge in [0.2, 0.25) is 0 Å². The summed E-state index contributed by atoms with van der Waals surface area (Å²) in [5, 5.41) is 10.3. The van der Waals surface area contributed by atoms with Gasteiger partial charge in [0, 0.05) is 4.47 Å². The molecule has 6 rings (SSSR count). The lowest BCUT2D eigenvalue weighted by Gasteiger charge is -2.12. The third kappa shape index (κ3) is 4.91. The lowest BCUT2D eigenvalue weighted by molar-refractivity contribution is -0.287. The smallest absolute Gasteiger partial charge is 0.395 e. The third-order valence-corrected chi connectivity index (χ3v) is 5.34. The van der Waals surface area contributed by atoms with E-state index in [9.17, 15) is 31.4 Å². The van der Waals surface area contributed by atoms with Crippen molar-refractivity contribution < 1.29 is 59.9 Å². The van der Waals surface area contributed by atoms with Crippen LogP contribution in [0.4, 0.5) is 26.3 Å². The molecule has 0 aromatic heterocycles. The number of ether oxygens (including phenoxy) is 6. The van der Waals surface area contributed by atoms with E-state index in [1.54, 1.807) is 6.07 Å². The van der Waals surface area contributed by atoms with Crippen molar-refractivity contribution in [2.45, 2.75) is 25.0 Å². The normalized spacial score (nSPS) is 18.6. The summed E-state index contributed by atoms with van der Waals surface area (Å²) in [7, 11) is 0. The molecule has 0 atom stereocenters. The first kappa shape index (κ1) is 24.2. The van der Waals surface area contributed by atoms with Crippen molar-refractivity contribution in [2.75, 3.05) is 0 Å². The zero-order valence-electron chi connectivity index (χ0n) is 17.3. The Balaban J connectivity index is 0.000000186. The molecule has 0 amide bonds. The van der Waals surface area contributed by atoms with Crippen molar-refractivity contribution in [3.8, 4) is 34.5 Å². The van der Waals surface area contributed by atoms with Gasteiger partial charge >= 0.3 is 18.9 Å². The highest BCUT2D eigenvalue weighted by molar-refractivity contribution is 9.10. The van der Waals surface area contributed by atoms with E-state index in [1.807, 2.05) is 0 Å². The van der Waals surface area contributed by atoms with E-state index in [-0.39, 0.29) is 45.6 Å². The highest BCUT2D eigenvalue weighted by atomic mass is 79.9. The van der Waals surface area contributed by atoms with Crippen LogP contribution < -0.4 is 28.4 Å². The summed E-state index contributed by atoms with van der Waals surface area (Å²) in [6.07, 6.45) is -12.3. The molecule has 0 bridgehead atoms. The van der Waals surface area contributed by atoms with Crippen molar-refractivity contribution >= 4 is 15.9 Å². The SMILES string of the molecule is FC1(F)Oc2ccc(Br)cc2O1.OC(c1ccc2c(c1)OC(F)(F)O2)c1ccc2c(c1)OC(F)(F)O2. The minimum Gasteiger partial charge on any atom is -0.395 e. The zero-order chi connectivity index (χ0) is 25.9. The largest absolute Gasteiger partial charge is 0.586 e. The molecule has 0 spiro atoms. The fourth-order valence-electron chi connectivity index (χ4n) is 3.39. The van der Waals surface area contributed by atoms with Gasteiger partial charge in [0.05, 0.1) is 0 Å². The molecular formula is C22H11BrF6O7. The summed E-state index contributed by atoms with van der Waals surface area (Å²) in [6.45, 7) is 0. The first-order valence-electron chi connectivity index (χ1n) is 9.82. The highest BCUT2D eigenvalue weighted by Crippen LogP contribution is 2.45. The Bertz CT molecular complexity index is 1270. The fraction of sp³-hybridized carbons (Fsp3) is 0.182. The molecule has 14 heteroatoms. The van der Waals surface area contributed by atoms with Crippen LogP contribution in [0.2, 0.25) is 0 Å². The number of aliphatic hydroxyl groups is 1. The average Bonchev–Trinajstić information content (AvgIpc) is 3.37. The van der Waals surface area contributed by atoms with E-state index in [4.69, 9.17) is 0 Å². The maximum atomic E-state index is 13.0. The van der Waals surface area contributed by atoms with Gasteiger partial charge in [-0.3, -0.25) is 0 Å². The Morgan fingerprint density at radius 1 is 0.528 bits per heavy atom. The molecule has 3 aromatic carbocycles. The van der Waals surface area contributed by atoms with Crippen molar-refractivity contribution in [3.63, 3.8) is 0 Å². The van der Waals surface area contributed by atoms with Crippen LogP contribution in [0.15, 0.2) is 59.1 Å². The Kier molecular flexibility index (Phi) is 5.55. The predicted octanol–water partition coefficient (Wildman–Crippen LogP) is 6.18. The fourth-order valence-corrected chi connectivity index (χ4v) is 3.73. The average molecular weight is 581 g/mol. The molecule has 0 unspecified atom stereocenters. The van der Waals surface area contributed by atoms with Crippen LogP contribution in [0.5, 0.6) is 34.5 Å². The van der Waals surface area contributed by atoms with Gasteiger partial charge in [-0.25, -0.2) is 0 Å². The van der Waals surface area contributed by atoms with Crippen LogP contribution in [0.25, 0.3) is 0 Å². The van der Waals surface area contributed by atoms with E-state index < -0.39 is 25.0 Å². The third-order valence-electron chi connectivity index (χ3n) is 4.85. The quantitative estimate of drug-likeness (QED) is 0.363. The molecule has 3 aromatic rings. The lowest BCUT2D eigenvalue weighted by atomic mass is 10.0. The summed E-state index contributed by atoms with van der Waals surface area (Å²) >= 11 is 3.12. The van der Waals surface area contributed by atoms with Gasteiger partial charge in [-0.1, -0.05) is 28.1 Å². The summed E-state index contributed by atoms with van der Waals surface area (Å²) < 4.78 is 103. The molecular weight excluding hydrogens is 570 g/mol. The second kappa shape index (κ2) is 8.27. The molecule has 0 aliphatic carbocycles. The minimum atomic E-state index is -3.77. The number of benzene rings is 3. The van der Waals surface area contributed by atoms with Crippen LogP contribution >= 0.6 is 15.9 Å². The number of halogens is 7. The Hall–Kier alpha value is -3.52. The maximum Gasteiger partial charge on any atom is 0.586 e. The van der Waals surface area contributed by atoms with E-state index in [2.05, 4.69) is 44.4 Å². The van der Waals surface area contributed by atoms with Crippen LogP contribution in [0.3, 0.4) is 0 Å². The second-order valence-electron chi connectivity index (χ2n) is 7.41. The molecule has 7 nitrogen and oxygen atoms in total. The van der Waals surface area contributed by atoms with E-state index in [1.165, 1.54) is 48.5 Å². The first-order valence-corrected chi connectivity index (χ1v) is 10.6. The van der Waals surface area contributed by atoms with Crippen LogP contribution in [0, 0.1) is 0 Å². The van der Waals surface area contributed by atoms with Gasteiger partial charge < -0.3 is 33.5 Å². The van der Waals surface area contributed by atoms with E-state index in [0.717, 1.165) is 0 Å². The Morgan fingerprint density at radius 3 is 1.28 bits per heavy atom. The van der Waals surface area contributed by atoms with Gasteiger partial charge in [-0.05, 0) is 53.6 Å². The predicted molar refractivity (Wildman–Crippen MR) is 110 cm³/mol. The first-order chi connectivity index (χ1) is 16.8. The summed E-state index contributed by atoms with van der Waals surface area (Å²) in [5.74, 6) is -0.687. The molecule has 0 saturated carbocycles.